The maximum atomic E-state index is 8.84. The number of nitriles is 1. The number of rotatable bonds is 5. The van der Waals surface area contributed by atoms with Crippen LogP contribution in [0.15, 0.2) is 54.7 Å². The molecule has 0 spiro atoms. The van der Waals surface area contributed by atoms with Gasteiger partial charge in [0.15, 0.2) is 0 Å². The van der Waals surface area contributed by atoms with Gasteiger partial charge in [-0.15, -0.1) is 5.10 Å². The highest BCUT2D eigenvalue weighted by Gasteiger charge is 2.05. The van der Waals surface area contributed by atoms with Gasteiger partial charge in [-0.2, -0.15) is 5.26 Å². The molecule has 0 radical (unpaired) electrons. The number of hydrogen-bond donors (Lipinski definition) is 0. The lowest BCUT2D eigenvalue weighted by molar-refractivity contribution is 0.795. The van der Waals surface area contributed by atoms with Gasteiger partial charge in [0.2, 0.25) is 0 Å². The molecular weight excluding hydrogens is 284 g/mol. The first-order valence-electron chi connectivity index (χ1n) is 7.82. The lowest BCUT2D eigenvalue weighted by Crippen LogP contribution is -1.94. The number of aromatic nitrogens is 3. The van der Waals surface area contributed by atoms with Crippen molar-refractivity contribution in [3.8, 4) is 23.0 Å². The molecule has 0 bridgehead atoms. The van der Waals surface area contributed by atoms with Crippen LogP contribution in [0.1, 0.15) is 30.9 Å². The summed E-state index contributed by atoms with van der Waals surface area (Å²) in [5.74, 6) is 0. The van der Waals surface area contributed by atoms with Crippen LogP contribution in [0.25, 0.3) is 16.9 Å². The maximum Gasteiger partial charge on any atom is 0.113 e. The molecule has 3 rings (SSSR count). The van der Waals surface area contributed by atoms with Crippen LogP contribution < -0.4 is 0 Å². The molecule has 0 aliphatic carbocycles. The molecule has 4 heteroatoms. The van der Waals surface area contributed by atoms with Gasteiger partial charge in [0.1, 0.15) is 5.69 Å². The van der Waals surface area contributed by atoms with Crippen molar-refractivity contribution in [1.82, 2.24) is 15.0 Å². The Bertz CT molecular complexity index is 808. The van der Waals surface area contributed by atoms with Gasteiger partial charge in [0.05, 0.1) is 23.5 Å². The minimum absolute atomic E-state index is 0.636. The molecule has 0 aliphatic rings. The Morgan fingerprint density at radius 2 is 1.78 bits per heavy atom. The van der Waals surface area contributed by atoms with Crippen molar-refractivity contribution in [3.63, 3.8) is 0 Å². The third-order valence-electron chi connectivity index (χ3n) is 3.82. The molecule has 0 atom stereocenters. The smallest absolute Gasteiger partial charge is 0.113 e. The van der Waals surface area contributed by atoms with E-state index in [0.29, 0.717) is 5.56 Å². The molecule has 0 saturated heterocycles. The molecule has 3 aromatic rings. The van der Waals surface area contributed by atoms with Crippen LogP contribution in [0.3, 0.4) is 0 Å². The first kappa shape index (κ1) is 15.0. The number of hydrogen-bond acceptors (Lipinski definition) is 3. The van der Waals surface area contributed by atoms with E-state index in [4.69, 9.17) is 5.26 Å². The Morgan fingerprint density at radius 1 is 1.04 bits per heavy atom. The largest absolute Gasteiger partial charge is 0.220 e. The highest BCUT2D eigenvalue weighted by atomic mass is 15.4. The average molecular weight is 302 g/mol. The Morgan fingerprint density at radius 3 is 2.43 bits per heavy atom. The standard InChI is InChI=1S/C19H18N4/c1-2-3-4-15-5-9-17(10-6-15)19-14-23(22-21-19)18-11-7-16(13-20)8-12-18/h5-12,14H,2-4H2,1H3. The molecule has 0 fully saturated rings. The van der Waals surface area contributed by atoms with Crippen molar-refractivity contribution in [3.05, 3.63) is 65.9 Å². The molecule has 114 valence electrons. The second kappa shape index (κ2) is 6.89. The summed E-state index contributed by atoms with van der Waals surface area (Å²) in [4.78, 5) is 0. The van der Waals surface area contributed by atoms with Gasteiger partial charge >= 0.3 is 0 Å². The summed E-state index contributed by atoms with van der Waals surface area (Å²) in [6.45, 7) is 2.20. The fourth-order valence-electron chi connectivity index (χ4n) is 2.43. The predicted octanol–water partition coefficient (Wildman–Crippen LogP) is 4.15. The molecule has 0 saturated carbocycles. The zero-order valence-electron chi connectivity index (χ0n) is 13.1. The van der Waals surface area contributed by atoms with Crippen LogP contribution in [0.4, 0.5) is 0 Å². The van der Waals surface area contributed by atoms with Crippen LogP contribution in [-0.4, -0.2) is 15.0 Å². The van der Waals surface area contributed by atoms with Gasteiger partial charge in [-0.3, -0.25) is 0 Å². The van der Waals surface area contributed by atoms with E-state index in [1.807, 2.05) is 18.3 Å². The van der Waals surface area contributed by atoms with E-state index in [1.54, 1.807) is 16.8 Å². The Hall–Kier alpha value is -2.93. The highest BCUT2D eigenvalue weighted by Crippen LogP contribution is 2.19. The summed E-state index contributed by atoms with van der Waals surface area (Å²) < 4.78 is 1.72. The summed E-state index contributed by atoms with van der Waals surface area (Å²) in [5.41, 5.74) is 4.79. The van der Waals surface area contributed by atoms with Crippen molar-refractivity contribution in [2.75, 3.05) is 0 Å². The van der Waals surface area contributed by atoms with Crippen LogP contribution in [0, 0.1) is 11.3 Å². The lowest BCUT2D eigenvalue weighted by Gasteiger charge is -2.01. The van der Waals surface area contributed by atoms with E-state index in [9.17, 15) is 0 Å². The average Bonchev–Trinajstić information content (AvgIpc) is 3.10. The van der Waals surface area contributed by atoms with Gasteiger partial charge in [0, 0.05) is 5.56 Å². The SMILES string of the molecule is CCCCc1ccc(-c2cn(-c3ccc(C#N)cc3)nn2)cc1. The highest BCUT2D eigenvalue weighted by molar-refractivity contribution is 5.58. The van der Waals surface area contributed by atoms with E-state index >= 15 is 0 Å². The molecule has 1 aromatic heterocycles. The van der Waals surface area contributed by atoms with E-state index in [-0.39, 0.29) is 0 Å². The number of benzene rings is 2. The summed E-state index contributed by atoms with van der Waals surface area (Å²) >= 11 is 0. The first-order chi connectivity index (χ1) is 11.3. The van der Waals surface area contributed by atoms with Gasteiger partial charge in [-0.1, -0.05) is 42.8 Å². The predicted molar refractivity (Wildman–Crippen MR) is 90.1 cm³/mol. The molecule has 0 unspecified atom stereocenters. The Kier molecular flexibility index (Phi) is 4.49. The molecule has 23 heavy (non-hydrogen) atoms. The third-order valence-corrected chi connectivity index (χ3v) is 3.82. The third kappa shape index (κ3) is 3.46. The monoisotopic (exact) mass is 302 g/mol. The molecule has 1 heterocycles. The maximum absolute atomic E-state index is 8.84. The van der Waals surface area contributed by atoms with Gasteiger partial charge in [-0.25, -0.2) is 4.68 Å². The minimum Gasteiger partial charge on any atom is -0.220 e. The van der Waals surface area contributed by atoms with E-state index in [2.05, 4.69) is 47.6 Å². The van der Waals surface area contributed by atoms with Gasteiger partial charge in [0.25, 0.3) is 0 Å². The van der Waals surface area contributed by atoms with E-state index in [1.165, 1.54) is 18.4 Å². The van der Waals surface area contributed by atoms with Crippen molar-refractivity contribution in [1.29, 1.82) is 5.26 Å². The molecule has 0 amide bonds. The quantitative estimate of drug-likeness (QED) is 0.711. The zero-order valence-corrected chi connectivity index (χ0v) is 13.1. The van der Waals surface area contributed by atoms with Gasteiger partial charge in [-0.05, 0) is 42.7 Å². The summed E-state index contributed by atoms with van der Waals surface area (Å²) in [5, 5.41) is 17.3. The topological polar surface area (TPSA) is 54.5 Å². The number of aryl methyl sites for hydroxylation is 1. The normalized spacial score (nSPS) is 10.4. The number of nitrogens with zero attached hydrogens (tertiary/aromatic N) is 4. The summed E-state index contributed by atoms with van der Waals surface area (Å²) in [7, 11) is 0. The minimum atomic E-state index is 0.636. The van der Waals surface area contributed by atoms with Gasteiger partial charge < -0.3 is 0 Å². The second-order valence-corrected chi connectivity index (χ2v) is 5.51. The molecule has 2 aromatic carbocycles. The Balaban J connectivity index is 1.79. The summed E-state index contributed by atoms with van der Waals surface area (Å²) in [6, 6.07) is 17.9. The lowest BCUT2D eigenvalue weighted by atomic mass is 10.1. The Labute approximate surface area is 136 Å². The summed E-state index contributed by atoms with van der Waals surface area (Å²) in [6.07, 6.45) is 5.45. The van der Waals surface area contributed by atoms with Crippen LogP contribution in [-0.2, 0) is 6.42 Å². The zero-order chi connectivity index (χ0) is 16.1. The molecule has 0 N–H and O–H groups in total. The van der Waals surface area contributed by atoms with Crippen molar-refractivity contribution in [2.45, 2.75) is 26.2 Å². The molecule has 0 aliphatic heterocycles. The first-order valence-corrected chi connectivity index (χ1v) is 7.82. The number of unbranched alkanes of at least 4 members (excludes halogenated alkanes) is 1. The fraction of sp³-hybridized carbons (Fsp3) is 0.211. The molecule has 4 nitrogen and oxygen atoms in total. The van der Waals surface area contributed by atoms with Crippen molar-refractivity contribution < 1.29 is 0 Å². The molecular formula is C19H18N4. The fourth-order valence-corrected chi connectivity index (χ4v) is 2.43. The van der Waals surface area contributed by atoms with Crippen molar-refractivity contribution >= 4 is 0 Å². The van der Waals surface area contributed by atoms with Crippen LogP contribution in [0.5, 0.6) is 0 Å². The van der Waals surface area contributed by atoms with E-state index < -0.39 is 0 Å². The van der Waals surface area contributed by atoms with Crippen LogP contribution in [0.2, 0.25) is 0 Å². The second-order valence-electron chi connectivity index (χ2n) is 5.51. The van der Waals surface area contributed by atoms with Crippen molar-refractivity contribution in [2.24, 2.45) is 0 Å². The van der Waals surface area contributed by atoms with E-state index in [0.717, 1.165) is 23.4 Å². The van der Waals surface area contributed by atoms with Crippen LogP contribution >= 0.6 is 0 Å².